The first-order chi connectivity index (χ1) is 15.9. The van der Waals surface area contributed by atoms with Gasteiger partial charge >= 0.3 is 0 Å². The van der Waals surface area contributed by atoms with Gasteiger partial charge in [-0.3, -0.25) is 9.59 Å². The number of carbonyl (C=O) groups is 1. The summed E-state index contributed by atoms with van der Waals surface area (Å²) in [6.07, 6.45) is 0. The molecule has 1 amide bonds. The molecular formula is C24H18FN5O2S. The number of fused-ring (bicyclic) bond motifs is 2. The molecular weight excluding hydrogens is 441 g/mol. The highest BCUT2D eigenvalue weighted by Gasteiger charge is 2.19. The summed E-state index contributed by atoms with van der Waals surface area (Å²) in [6, 6.07) is 16.7. The van der Waals surface area contributed by atoms with Gasteiger partial charge in [0.05, 0.1) is 21.4 Å². The molecule has 3 aromatic heterocycles. The van der Waals surface area contributed by atoms with Gasteiger partial charge in [-0.2, -0.15) is 4.37 Å². The third-order valence-corrected chi connectivity index (χ3v) is 6.23. The number of rotatable bonds is 4. The Balaban J connectivity index is 1.62. The maximum absolute atomic E-state index is 13.8. The van der Waals surface area contributed by atoms with Crippen molar-refractivity contribution in [2.24, 2.45) is 7.05 Å². The van der Waals surface area contributed by atoms with E-state index in [-0.39, 0.29) is 11.3 Å². The first kappa shape index (κ1) is 20.8. The van der Waals surface area contributed by atoms with Crippen LogP contribution in [0.3, 0.4) is 0 Å². The number of benzene rings is 2. The second kappa shape index (κ2) is 8.10. The molecule has 7 nitrogen and oxygen atoms in total. The maximum Gasteiger partial charge on any atom is 0.276 e. The van der Waals surface area contributed by atoms with Crippen LogP contribution in [0.5, 0.6) is 0 Å². The summed E-state index contributed by atoms with van der Waals surface area (Å²) < 4.78 is 20.2. The second-order valence-corrected chi connectivity index (χ2v) is 8.39. The molecule has 2 N–H and O–H groups in total. The minimum absolute atomic E-state index is 0.124. The number of pyridine rings is 2. The Morgan fingerprint density at radius 2 is 1.88 bits per heavy atom. The van der Waals surface area contributed by atoms with Crippen molar-refractivity contribution in [2.75, 3.05) is 10.6 Å². The zero-order valence-electron chi connectivity index (χ0n) is 17.7. The molecule has 9 heteroatoms. The lowest BCUT2D eigenvalue weighted by molar-refractivity contribution is 0.102. The summed E-state index contributed by atoms with van der Waals surface area (Å²) in [5.41, 5.74) is 3.27. The monoisotopic (exact) mass is 459 g/mol. The predicted molar refractivity (Wildman–Crippen MR) is 129 cm³/mol. The van der Waals surface area contributed by atoms with Crippen LogP contribution in [0, 0.1) is 12.7 Å². The number of aromatic nitrogens is 3. The van der Waals surface area contributed by atoms with Crippen molar-refractivity contribution in [2.45, 2.75) is 6.92 Å². The number of para-hydroxylation sites is 1. The average molecular weight is 460 g/mol. The van der Waals surface area contributed by atoms with Crippen LogP contribution in [-0.4, -0.2) is 19.8 Å². The molecule has 0 unspecified atom stereocenters. The molecule has 0 atom stereocenters. The summed E-state index contributed by atoms with van der Waals surface area (Å²) >= 11 is 1.12. The Kier molecular flexibility index (Phi) is 5.10. The van der Waals surface area contributed by atoms with E-state index in [0.29, 0.717) is 32.6 Å². The van der Waals surface area contributed by atoms with Gasteiger partial charge in [-0.05, 0) is 60.4 Å². The Morgan fingerprint density at radius 1 is 1.06 bits per heavy atom. The van der Waals surface area contributed by atoms with E-state index < -0.39 is 11.7 Å². The molecule has 33 heavy (non-hydrogen) atoms. The Labute approximate surface area is 191 Å². The summed E-state index contributed by atoms with van der Waals surface area (Å²) in [5.74, 6) is -0.530. The van der Waals surface area contributed by atoms with Gasteiger partial charge in [-0.15, -0.1) is 0 Å². The SMILES string of the molecule is Cc1ccccc1Nc1nc2ccc(=O)n(C)c2cc1NC(=O)c1nsc2ccc(F)cc12. The van der Waals surface area contributed by atoms with Crippen molar-refractivity contribution in [3.63, 3.8) is 0 Å². The van der Waals surface area contributed by atoms with E-state index in [1.54, 1.807) is 25.2 Å². The molecule has 0 aliphatic heterocycles. The number of hydrogen-bond acceptors (Lipinski definition) is 6. The van der Waals surface area contributed by atoms with E-state index in [1.807, 2.05) is 31.2 Å². The lowest BCUT2D eigenvalue weighted by Gasteiger charge is -2.15. The molecule has 3 heterocycles. The topological polar surface area (TPSA) is 88.9 Å². The minimum atomic E-state index is -0.498. The van der Waals surface area contributed by atoms with Crippen LogP contribution in [0.25, 0.3) is 21.1 Å². The Morgan fingerprint density at radius 3 is 2.70 bits per heavy atom. The molecule has 0 aliphatic carbocycles. The van der Waals surface area contributed by atoms with Crippen LogP contribution in [0.1, 0.15) is 16.1 Å². The molecule has 0 radical (unpaired) electrons. The second-order valence-electron chi connectivity index (χ2n) is 7.59. The summed E-state index contributed by atoms with van der Waals surface area (Å²) in [6.45, 7) is 1.96. The molecule has 0 spiro atoms. The number of nitrogens with zero attached hydrogens (tertiary/aromatic N) is 3. The van der Waals surface area contributed by atoms with Crippen LogP contribution < -0.4 is 16.2 Å². The minimum Gasteiger partial charge on any atom is -0.338 e. The molecule has 0 saturated carbocycles. The molecule has 0 saturated heterocycles. The summed E-state index contributed by atoms with van der Waals surface area (Å²) in [4.78, 5) is 29.9. The summed E-state index contributed by atoms with van der Waals surface area (Å²) in [5, 5.41) is 6.56. The molecule has 164 valence electrons. The molecule has 0 fully saturated rings. The zero-order chi connectivity index (χ0) is 23.1. The molecule has 2 aromatic carbocycles. The van der Waals surface area contributed by atoms with Crippen molar-refractivity contribution in [1.82, 2.24) is 13.9 Å². The normalized spacial score (nSPS) is 11.1. The highest BCUT2D eigenvalue weighted by Crippen LogP contribution is 2.30. The van der Waals surface area contributed by atoms with Gasteiger partial charge in [-0.1, -0.05) is 18.2 Å². The fourth-order valence-electron chi connectivity index (χ4n) is 3.58. The van der Waals surface area contributed by atoms with E-state index in [0.717, 1.165) is 22.8 Å². The first-order valence-corrected chi connectivity index (χ1v) is 10.9. The van der Waals surface area contributed by atoms with Gasteiger partial charge in [0.1, 0.15) is 11.5 Å². The van der Waals surface area contributed by atoms with Gasteiger partial charge in [0.2, 0.25) is 0 Å². The quantitative estimate of drug-likeness (QED) is 0.395. The zero-order valence-corrected chi connectivity index (χ0v) is 18.5. The smallest absolute Gasteiger partial charge is 0.276 e. The number of halogens is 1. The summed E-state index contributed by atoms with van der Waals surface area (Å²) in [7, 11) is 1.64. The maximum atomic E-state index is 13.8. The lowest BCUT2D eigenvalue weighted by Crippen LogP contribution is -2.18. The standard InChI is InChI=1S/C24H18FN5O2S/c1-13-5-3-4-6-16(13)26-23-18(12-19-17(27-23)8-10-21(31)30(19)2)28-24(32)22-15-11-14(25)7-9-20(15)33-29-22/h3-12H,1-2H3,(H,26,27)(H,28,32). The highest BCUT2D eigenvalue weighted by atomic mass is 32.1. The van der Waals surface area contributed by atoms with Crippen LogP contribution in [0.15, 0.2) is 65.5 Å². The van der Waals surface area contributed by atoms with E-state index in [9.17, 15) is 14.0 Å². The van der Waals surface area contributed by atoms with Crippen LogP contribution in [-0.2, 0) is 7.05 Å². The third-order valence-electron chi connectivity index (χ3n) is 5.40. The van der Waals surface area contributed by atoms with Crippen LogP contribution in [0.4, 0.5) is 21.6 Å². The fourth-order valence-corrected chi connectivity index (χ4v) is 4.33. The van der Waals surface area contributed by atoms with Gasteiger partial charge < -0.3 is 15.2 Å². The van der Waals surface area contributed by atoms with Crippen molar-refractivity contribution in [3.05, 3.63) is 88.1 Å². The van der Waals surface area contributed by atoms with Crippen molar-refractivity contribution in [3.8, 4) is 0 Å². The largest absolute Gasteiger partial charge is 0.338 e. The van der Waals surface area contributed by atoms with Gasteiger partial charge in [-0.25, -0.2) is 9.37 Å². The third kappa shape index (κ3) is 3.83. The highest BCUT2D eigenvalue weighted by molar-refractivity contribution is 7.13. The number of nitrogens with one attached hydrogen (secondary N) is 2. The Bertz CT molecular complexity index is 1610. The van der Waals surface area contributed by atoms with Crippen molar-refractivity contribution in [1.29, 1.82) is 0 Å². The number of aryl methyl sites for hydroxylation is 2. The van der Waals surface area contributed by atoms with Crippen LogP contribution >= 0.6 is 11.5 Å². The van der Waals surface area contributed by atoms with E-state index in [1.165, 1.54) is 22.8 Å². The van der Waals surface area contributed by atoms with Crippen LogP contribution in [0.2, 0.25) is 0 Å². The molecule has 0 bridgehead atoms. The lowest BCUT2D eigenvalue weighted by atomic mass is 10.2. The molecule has 5 aromatic rings. The molecule has 0 aliphatic rings. The predicted octanol–water partition coefficient (Wildman–Crippen LogP) is 4.99. The first-order valence-electron chi connectivity index (χ1n) is 10.1. The van der Waals surface area contributed by atoms with E-state index in [4.69, 9.17) is 0 Å². The average Bonchev–Trinajstić information content (AvgIpc) is 3.22. The molecule has 5 rings (SSSR count). The van der Waals surface area contributed by atoms with Gasteiger partial charge in [0.25, 0.3) is 11.5 Å². The number of amides is 1. The fraction of sp³-hybridized carbons (Fsp3) is 0.0833. The van der Waals surface area contributed by atoms with E-state index >= 15 is 0 Å². The number of anilines is 3. The Hall–Kier alpha value is -4.11. The van der Waals surface area contributed by atoms with Crippen molar-refractivity contribution < 1.29 is 9.18 Å². The number of hydrogen-bond donors (Lipinski definition) is 2. The van der Waals surface area contributed by atoms with Gasteiger partial charge in [0, 0.05) is 24.2 Å². The van der Waals surface area contributed by atoms with E-state index in [2.05, 4.69) is 20.0 Å². The van der Waals surface area contributed by atoms with Crippen molar-refractivity contribution >= 4 is 55.8 Å². The number of carbonyl (C=O) groups excluding carboxylic acids is 1. The van der Waals surface area contributed by atoms with Gasteiger partial charge in [0.15, 0.2) is 5.82 Å².